The summed E-state index contributed by atoms with van der Waals surface area (Å²) in [5.41, 5.74) is 7.35. The molecule has 0 radical (unpaired) electrons. The number of aliphatic hydroxyl groups excluding tert-OH is 3. The zero-order valence-corrected chi connectivity index (χ0v) is 21.2. The standard InChI is InChI=1S/C23H32N6O6S/c1-23(2,3)35-15(31)5-4-12-8-13(36-10-12)6-7-25-22-27-19(24)16-20(28-22)29(11-26-16)21-18(33)17(32)14(9-30)34-21/h8,10-11,14,17-18,21,30,32-33H,4-7,9H2,1-3H3,(H3,24,25,27,28)/t14-,17-,18-,21-/m1/s1. The summed E-state index contributed by atoms with van der Waals surface area (Å²) in [6.07, 6.45) is -1.32. The number of aryl methyl sites for hydroxylation is 1. The molecule has 3 aromatic rings. The number of thiophene rings is 1. The monoisotopic (exact) mass is 520 g/mol. The fraction of sp³-hybridized carbons (Fsp3) is 0.565. The van der Waals surface area contributed by atoms with Crippen LogP contribution in [0.4, 0.5) is 11.8 Å². The lowest BCUT2D eigenvalue weighted by atomic mass is 10.1. The van der Waals surface area contributed by atoms with Crippen LogP contribution in [0.1, 0.15) is 43.9 Å². The van der Waals surface area contributed by atoms with Crippen molar-refractivity contribution in [2.75, 3.05) is 24.2 Å². The van der Waals surface area contributed by atoms with Gasteiger partial charge in [-0.25, -0.2) is 4.98 Å². The zero-order chi connectivity index (χ0) is 26.0. The Labute approximate surface area is 212 Å². The number of esters is 1. The smallest absolute Gasteiger partial charge is 0.306 e. The first-order chi connectivity index (χ1) is 17.1. The summed E-state index contributed by atoms with van der Waals surface area (Å²) in [5, 5.41) is 35.0. The summed E-state index contributed by atoms with van der Waals surface area (Å²) in [6, 6.07) is 2.08. The fourth-order valence-corrected chi connectivity index (χ4v) is 4.87. The molecule has 13 heteroatoms. The molecule has 12 nitrogen and oxygen atoms in total. The molecule has 0 bridgehead atoms. The summed E-state index contributed by atoms with van der Waals surface area (Å²) < 4.78 is 12.4. The van der Waals surface area contributed by atoms with Crippen molar-refractivity contribution < 1.29 is 29.6 Å². The molecule has 1 fully saturated rings. The van der Waals surface area contributed by atoms with Crippen molar-refractivity contribution in [2.45, 2.75) is 70.2 Å². The summed E-state index contributed by atoms with van der Waals surface area (Å²) >= 11 is 1.62. The molecule has 1 aliphatic heterocycles. The van der Waals surface area contributed by atoms with Crippen LogP contribution < -0.4 is 11.1 Å². The molecule has 4 heterocycles. The molecule has 1 aliphatic rings. The summed E-state index contributed by atoms with van der Waals surface area (Å²) in [5.74, 6) is 0.238. The van der Waals surface area contributed by atoms with Crippen LogP contribution in [-0.4, -0.2) is 77.9 Å². The van der Waals surface area contributed by atoms with Crippen LogP contribution in [0, 0.1) is 0 Å². The number of anilines is 2. The van der Waals surface area contributed by atoms with E-state index in [1.807, 2.05) is 26.2 Å². The highest BCUT2D eigenvalue weighted by molar-refractivity contribution is 7.10. The van der Waals surface area contributed by atoms with Crippen LogP contribution in [0.15, 0.2) is 17.8 Å². The molecule has 0 spiro atoms. The van der Waals surface area contributed by atoms with Gasteiger partial charge in [0.15, 0.2) is 17.7 Å². The van der Waals surface area contributed by atoms with Gasteiger partial charge in [0, 0.05) is 17.8 Å². The predicted molar refractivity (Wildman–Crippen MR) is 133 cm³/mol. The lowest BCUT2D eigenvalue weighted by Gasteiger charge is -2.19. The Morgan fingerprint density at radius 2 is 2.06 bits per heavy atom. The highest BCUT2D eigenvalue weighted by Crippen LogP contribution is 2.32. The highest BCUT2D eigenvalue weighted by Gasteiger charge is 2.44. The molecule has 0 unspecified atom stereocenters. The van der Waals surface area contributed by atoms with E-state index in [4.69, 9.17) is 15.2 Å². The molecule has 0 aromatic carbocycles. The van der Waals surface area contributed by atoms with Crippen LogP contribution in [0.5, 0.6) is 0 Å². The third-order valence-corrected chi connectivity index (χ3v) is 6.69. The second-order valence-corrected chi connectivity index (χ2v) is 10.7. The van der Waals surface area contributed by atoms with Gasteiger partial charge in [-0.1, -0.05) is 0 Å². The van der Waals surface area contributed by atoms with E-state index in [0.29, 0.717) is 37.0 Å². The third-order valence-electron chi connectivity index (χ3n) is 5.64. The van der Waals surface area contributed by atoms with Crippen molar-refractivity contribution >= 4 is 40.2 Å². The van der Waals surface area contributed by atoms with Gasteiger partial charge in [-0.15, -0.1) is 11.3 Å². The number of aromatic nitrogens is 4. The minimum Gasteiger partial charge on any atom is -0.460 e. The van der Waals surface area contributed by atoms with Crippen molar-refractivity contribution in [3.05, 3.63) is 28.2 Å². The van der Waals surface area contributed by atoms with Crippen molar-refractivity contribution in [3.63, 3.8) is 0 Å². The average Bonchev–Trinajstić information content (AvgIpc) is 3.50. The number of nitrogens with zero attached hydrogens (tertiary/aromatic N) is 4. The molecule has 0 aliphatic carbocycles. The van der Waals surface area contributed by atoms with Gasteiger partial charge in [0.2, 0.25) is 5.95 Å². The maximum absolute atomic E-state index is 11.9. The Hall–Kier alpha value is -2.84. The Bertz CT molecular complexity index is 1210. The van der Waals surface area contributed by atoms with Gasteiger partial charge in [-0.05, 0) is 50.6 Å². The number of hydrogen-bond donors (Lipinski definition) is 5. The Kier molecular flexibility index (Phi) is 7.76. The molecular weight excluding hydrogens is 488 g/mol. The van der Waals surface area contributed by atoms with E-state index in [-0.39, 0.29) is 17.7 Å². The number of nitrogens with one attached hydrogen (secondary N) is 1. The van der Waals surface area contributed by atoms with Crippen molar-refractivity contribution in [3.8, 4) is 0 Å². The fourth-order valence-electron chi connectivity index (χ4n) is 3.94. The largest absolute Gasteiger partial charge is 0.460 e. The van der Waals surface area contributed by atoms with E-state index in [0.717, 1.165) is 10.4 Å². The van der Waals surface area contributed by atoms with E-state index in [1.165, 1.54) is 10.9 Å². The predicted octanol–water partition coefficient (Wildman–Crippen LogP) is 1.01. The molecular formula is C23H32N6O6S. The van der Waals surface area contributed by atoms with Gasteiger partial charge in [0.05, 0.1) is 12.9 Å². The first-order valence-electron chi connectivity index (χ1n) is 11.7. The van der Waals surface area contributed by atoms with Gasteiger partial charge in [0.25, 0.3) is 0 Å². The number of ether oxygens (including phenoxy) is 2. The first kappa shape index (κ1) is 26.2. The van der Waals surface area contributed by atoms with Gasteiger partial charge in [0.1, 0.15) is 29.4 Å². The summed E-state index contributed by atoms with van der Waals surface area (Å²) in [7, 11) is 0. The highest BCUT2D eigenvalue weighted by atomic mass is 32.1. The number of fused-ring (bicyclic) bond motifs is 1. The van der Waals surface area contributed by atoms with Crippen LogP contribution >= 0.6 is 11.3 Å². The molecule has 4 atom stereocenters. The minimum absolute atomic E-state index is 0.161. The molecule has 1 saturated heterocycles. The lowest BCUT2D eigenvalue weighted by Crippen LogP contribution is -2.33. The molecule has 6 N–H and O–H groups in total. The van der Waals surface area contributed by atoms with E-state index in [2.05, 4.69) is 26.3 Å². The molecule has 0 saturated carbocycles. The number of rotatable bonds is 9. The van der Waals surface area contributed by atoms with Gasteiger partial charge < -0.3 is 35.8 Å². The topological polar surface area (TPSA) is 178 Å². The van der Waals surface area contributed by atoms with E-state index < -0.39 is 36.7 Å². The number of carbonyl (C=O) groups is 1. The number of imidazole rings is 1. The van der Waals surface area contributed by atoms with Gasteiger partial charge in [-0.2, -0.15) is 9.97 Å². The normalized spacial score (nSPS) is 22.3. The SMILES string of the molecule is CC(C)(C)OC(=O)CCc1csc(CCNc2nc(N)c3ncn([C@@H]4O[C@H](CO)[C@@H](O)[C@H]4O)c3n2)c1. The molecule has 36 heavy (non-hydrogen) atoms. The third kappa shape index (κ3) is 5.93. The Balaban J connectivity index is 1.37. The minimum atomic E-state index is -1.27. The number of aliphatic hydroxyl groups is 3. The van der Waals surface area contributed by atoms with Crippen molar-refractivity contribution in [1.29, 1.82) is 0 Å². The molecule has 3 aromatic heterocycles. The Morgan fingerprint density at radius 3 is 2.75 bits per heavy atom. The first-order valence-corrected chi connectivity index (χ1v) is 12.6. The molecule has 4 rings (SSSR count). The maximum atomic E-state index is 11.9. The van der Waals surface area contributed by atoms with Crippen LogP contribution in [0.25, 0.3) is 11.2 Å². The maximum Gasteiger partial charge on any atom is 0.306 e. The van der Waals surface area contributed by atoms with Crippen molar-refractivity contribution in [1.82, 2.24) is 19.5 Å². The quantitative estimate of drug-likeness (QED) is 0.254. The number of hydrogen-bond acceptors (Lipinski definition) is 12. The number of nitrogen functional groups attached to an aromatic ring is 1. The van der Waals surface area contributed by atoms with E-state index in [1.54, 1.807) is 11.3 Å². The summed E-state index contributed by atoms with van der Waals surface area (Å²) in [6.45, 7) is 5.67. The summed E-state index contributed by atoms with van der Waals surface area (Å²) in [4.78, 5) is 26.0. The van der Waals surface area contributed by atoms with Crippen LogP contribution in [-0.2, 0) is 27.1 Å². The molecule has 196 valence electrons. The van der Waals surface area contributed by atoms with Crippen LogP contribution in [0.3, 0.4) is 0 Å². The number of nitrogens with two attached hydrogens (primary N) is 1. The lowest BCUT2D eigenvalue weighted by molar-refractivity contribution is -0.154. The van der Waals surface area contributed by atoms with E-state index in [9.17, 15) is 20.1 Å². The van der Waals surface area contributed by atoms with Gasteiger partial charge in [-0.3, -0.25) is 9.36 Å². The second kappa shape index (κ2) is 10.6. The van der Waals surface area contributed by atoms with Crippen LogP contribution in [0.2, 0.25) is 0 Å². The van der Waals surface area contributed by atoms with Crippen molar-refractivity contribution in [2.24, 2.45) is 0 Å². The van der Waals surface area contributed by atoms with Gasteiger partial charge >= 0.3 is 5.97 Å². The molecule has 0 amide bonds. The van der Waals surface area contributed by atoms with E-state index >= 15 is 0 Å². The second-order valence-electron chi connectivity index (χ2n) is 9.67. The zero-order valence-electron chi connectivity index (χ0n) is 20.4. The Morgan fingerprint density at radius 1 is 1.28 bits per heavy atom. The number of carbonyl (C=O) groups excluding carboxylic acids is 1. The average molecular weight is 521 g/mol.